The third-order valence-corrected chi connectivity index (χ3v) is 2.67. The predicted molar refractivity (Wildman–Crippen MR) is 70.4 cm³/mol. The van der Waals surface area contributed by atoms with Crippen LogP contribution in [0.4, 0.5) is 5.69 Å². The Hall–Kier alpha value is -2.42. The van der Waals surface area contributed by atoms with Crippen LogP contribution in [-0.2, 0) is 4.79 Å². The Morgan fingerprint density at radius 1 is 1.06 bits per heavy atom. The van der Waals surface area contributed by atoms with Crippen molar-refractivity contribution in [2.45, 2.75) is 6.92 Å². The van der Waals surface area contributed by atoms with Crippen LogP contribution in [0.2, 0.25) is 0 Å². The molecule has 0 unspecified atom stereocenters. The molecule has 0 aliphatic heterocycles. The van der Waals surface area contributed by atoms with Crippen LogP contribution in [0.5, 0.6) is 0 Å². The number of hydrogen-bond donors (Lipinski definition) is 1. The third-order valence-electron chi connectivity index (χ3n) is 2.67. The van der Waals surface area contributed by atoms with Gasteiger partial charge in [-0.25, -0.2) is 0 Å². The summed E-state index contributed by atoms with van der Waals surface area (Å²) >= 11 is 0. The number of rotatable bonds is 3. The molecule has 3 nitrogen and oxygen atoms in total. The molecule has 1 N–H and O–H groups in total. The number of carbonyl (C=O) groups is 1. The van der Waals surface area contributed by atoms with Gasteiger partial charge in [0.2, 0.25) is 6.29 Å². The molecule has 2 rings (SSSR count). The molecule has 0 aliphatic rings. The fourth-order valence-corrected chi connectivity index (χ4v) is 1.70. The first-order chi connectivity index (χ1) is 8.72. The van der Waals surface area contributed by atoms with E-state index in [1.807, 2.05) is 19.1 Å². The Balaban J connectivity index is 2.27. The topological polar surface area (TPSA) is 46.2 Å². The van der Waals surface area contributed by atoms with Crippen LogP contribution < -0.4 is 5.32 Å². The van der Waals surface area contributed by atoms with Crippen LogP contribution >= 0.6 is 0 Å². The summed E-state index contributed by atoms with van der Waals surface area (Å²) in [4.78, 5) is 22.8. The van der Waals surface area contributed by atoms with Crippen molar-refractivity contribution in [3.05, 3.63) is 65.2 Å². The summed E-state index contributed by atoms with van der Waals surface area (Å²) < 4.78 is 0. The molecule has 0 saturated heterocycles. The summed E-state index contributed by atoms with van der Waals surface area (Å²) in [7, 11) is 0. The lowest BCUT2D eigenvalue weighted by molar-refractivity contribution is 0.102. The van der Waals surface area contributed by atoms with E-state index in [0.717, 1.165) is 5.56 Å². The van der Waals surface area contributed by atoms with Crippen molar-refractivity contribution in [2.24, 2.45) is 0 Å². The van der Waals surface area contributed by atoms with Crippen molar-refractivity contribution in [1.29, 1.82) is 0 Å². The Kier molecular flexibility index (Phi) is 3.53. The molecule has 0 bridgehead atoms. The zero-order valence-corrected chi connectivity index (χ0v) is 9.94. The van der Waals surface area contributed by atoms with Crippen LogP contribution in [-0.4, -0.2) is 12.2 Å². The van der Waals surface area contributed by atoms with Crippen LogP contribution in [0, 0.1) is 6.92 Å². The van der Waals surface area contributed by atoms with Gasteiger partial charge in [0.05, 0.1) is 5.69 Å². The average Bonchev–Trinajstić information content (AvgIpc) is 2.39. The van der Waals surface area contributed by atoms with Crippen molar-refractivity contribution >= 4 is 17.9 Å². The maximum Gasteiger partial charge on any atom is 0.255 e. The normalized spacial score (nSPS) is 9.83. The van der Waals surface area contributed by atoms with E-state index in [9.17, 15) is 9.59 Å². The molecule has 1 amide bonds. The Morgan fingerprint density at radius 3 is 2.44 bits per heavy atom. The van der Waals surface area contributed by atoms with Gasteiger partial charge in [-0.2, -0.15) is 0 Å². The maximum absolute atomic E-state index is 12.1. The highest BCUT2D eigenvalue weighted by Gasteiger charge is 2.10. The van der Waals surface area contributed by atoms with Gasteiger partial charge in [0.15, 0.2) is 0 Å². The number of aryl methyl sites for hydroxylation is 1. The molecular formula is C15H12NO2. The zero-order chi connectivity index (χ0) is 13.0. The Morgan fingerprint density at radius 2 is 1.72 bits per heavy atom. The minimum absolute atomic E-state index is 0.226. The van der Waals surface area contributed by atoms with Gasteiger partial charge in [-0.1, -0.05) is 30.3 Å². The third kappa shape index (κ3) is 2.46. The summed E-state index contributed by atoms with van der Waals surface area (Å²) in [5, 5.41) is 2.72. The van der Waals surface area contributed by atoms with Gasteiger partial charge < -0.3 is 5.32 Å². The molecule has 2 aromatic rings. The van der Waals surface area contributed by atoms with Gasteiger partial charge in [0.1, 0.15) is 0 Å². The second-order valence-electron chi connectivity index (χ2n) is 3.92. The number of amides is 1. The van der Waals surface area contributed by atoms with E-state index in [1.54, 1.807) is 42.7 Å². The van der Waals surface area contributed by atoms with Gasteiger partial charge in [-0.05, 0) is 30.7 Å². The highest BCUT2D eigenvalue weighted by molar-refractivity contribution is 6.07. The maximum atomic E-state index is 12.1. The molecule has 0 saturated carbocycles. The SMILES string of the molecule is Cc1ccccc1C(=O)Nc1ccccc1[C]=O. The lowest BCUT2D eigenvalue weighted by atomic mass is 10.1. The van der Waals surface area contributed by atoms with Crippen LogP contribution in [0.1, 0.15) is 21.5 Å². The van der Waals surface area contributed by atoms with Gasteiger partial charge in [-0.3, -0.25) is 9.59 Å². The molecule has 3 heteroatoms. The molecule has 0 heterocycles. The van der Waals surface area contributed by atoms with Crippen molar-refractivity contribution in [3.8, 4) is 0 Å². The second kappa shape index (κ2) is 5.27. The number of nitrogens with one attached hydrogen (secondary N) is 1. The summed E-state index contributed by atoms with van der Waals surface area (Å²) in [6.45, 7) is 1.87. The highest BCUT2D eigenvalue weighted by atomic mass is 16.1. The fourth-order valence-electron chi connectivity index (χ4n) is 1.70. The van der Waals surface area contributed by atoms with Crippen molar-refractivity contribution < 1.29 is 9.59 Å². The number of hydrogen-bond acceptors (Lipinski definition) is 2. The van der Waals surface area contributed by atoms with E-state index >= 15 is 0 Å². The van der Waals surface area contributed by atoms with Crippen LogP contribution in [0.3, 0.4) is 0 Å². The molecule has 0 fully saturated rings. The van der Waals surface area contributed by atoms with Crippen molar-refractivity contribution in [3.63, 3.8) is 0 Å². The lowest BCUT2D eigenvalue weighted by Gasteiger charge is -2.08. The minimum atomic E-state index is -0.226. The van der Waals surface area contributed by atoms with Gasteiger partial charge in [0.25, 0.3) is 5.91 Å². The number of para-hydroxylation sites is 1. The van der Waals surface area contributed by atoms with Crippen molar-refractivity contribution in [1.82, 2.24) is 0 Å². The van der Waals surface area contributed by atoms with Gasteiger partial charge >= 0.3 is 0 Å². The predicted octanol–water partition coefficient (Wildman–Crippen LogP) is 2.71. The average molecular weight is 238 g/mol. The van der Waals surface area contributed by atoms with E-state index in [0.29, 0.717) is 16.8 Å². The number of benzene rings is 2. The van der Waals surface area contributed by atoms with Gasteiger partial charge in [0, 0.05) is 11.1 Å². The molecule has 0 atom stereocenters. The largest absolute Gasteiger partial charge is 0.321 e. The Bertz CT molecular complexity index is 591. The molecule has 18 heavy (non-hydrogen) atoms. The monoisotopic (exact) mass is 238 g/mol. The van der Waals surface area contributed by atoms with E-state index in [1.165, 1.54) is 0 Å². The molecule has 0 aromatic heterocycles. The van der Waals surface area contributed by atoms with Crippen molar-refractivity contribution in [2.75, 3.05) is 5.32 Å². The fraction of sp³-hybridized carbons (Fsp3) is 0.0667. The molecular weight excluding hydrogens is 226 g/mol. The zero-order valence-electron chi connectivity index (χ0n) is 9.94. The first kappa shape index (κ1) is 12.0. The summed E-state index contributed by atoms with van der Waals surface area (Å²) in [5.41, 5.74) is 2.31. The lowest BCUT2D eigenvalue weighted by Crippen LogP contribution is -2.14. The van der Waals surface area contributed by atoms with E-state index in [4.69, 9.17) is 0 Å². The smallest absolute Gasteiger partial charge is 0.255 e. The summed E-state index contributed by atoms with van der Waals surface area (Å²) in [5.74, 6) is -0.226. The molecule has 1 radical (unpaired) electrons. The Labute approximate surface area is 105 Å². The van der Waals surface area contributed by atoms with E-state index in [2.05, 4.69) is 5.32 Å². The quantitative estimate of drug-likeness (QED) is 0.893. The molecule has 2 aromatic carbocycles. The summed E-state index contributed by atoms with van der Waals surface area (Å²) in [6, 6.07) is 14.1. The minimum Gasteiger partial charge on any atom is -0.321 e. The van der Waals surface area contributed by atoms with E-state index in [-0.39, 0.29) is 5.91 Å². The van der Waals surface area contributed by atoms with Crippen LogP contribution in [0.25, 0.3) is 0 Å². The first-order valence-electron chi connectivity index (χ1n) is 5.56. The standard InChI is InChI=1S/C15H12NO2/c1-11-6-2-4-8-13(11)15(18)16-14-9-5-3-7-12(14)10-17/h2-9H,1H3,(H,16,18). The number of anilines is 1. The molecule has 0 aliphatic carbocycles. The second-order valence-corrected chi connectivity index (χ2v) is 3.92. The van der Waals surface area contributed by atoms with Crippen LogP contribution in [0.15, 0.2) is 48.5 Å². The van der Waals surface area contributed by atoms with E-state index < -0.39 is 0 Å². The number of carbonyl (C=O) groups excluding carboxylic acids is 2. The molecule has 89 valence electrons. The highest BCUT2D eigenvalue weighted by Crippen LogP contribution is 2.15. The van der Waals surface area contributed by atoms with Gasteiger partial charge in [-0.15, -0.1) is 0 Å². The first-order valence-corrected chi connectivity index (χ1v) is 5.56. The summed E-state index contributed by atoms with van der Waals surface area (Å²) in [6.07, 6.45) is 1.80. The molecule has 0 spiro atoms.